The van der Waals surface area contributed by atoms with Crippen LogP contribution in [0.15, 0.2) is 42.5 Å². The first kappa shape index (κ1) is 19.3. The molecule has 2 atom stereocenters. The molecule has 0 radical (unpaired) electrons. The third-order valence-electron chi connectivity index (χ3n) is 4.53. The Morgan fingerprint density at radius 1 is 1.00 bits per heavy atom. The van der Waals surface area contributed by atoms with Crippen molar-refractivity contribution >= 4 is 35.4 Å². The molecular weight excluding hydrogens is 366 g/mol. The number of allylic oxidation sites excluding steroid dienone is 2. The number of carbonyl (C=O) groups excluding carboxylic acids is 5. The maximum Gasteiger partial charge on any atom is 0.326 e. The van der Waals surface area contributed by atoms with E-state index in [-0.39, 0.29) is 0 Å². The summed E-state index contributed by atoms with van der Waals surface area (Å²) >= 11 is 0. The van der Waals surface area contributed by atoms with Gasteiger partial charge in [0.1, 0.15) is 6.54 Å². The Balaban J connectivity index is 1.43. The van der Waals surface area contributed by atoms with Gasteiger partial charge in [0.25, 0.3) is 5.91 Å². The number of hydrogen-bond donors (Lipinski definition) is 2. The van der Waals surface area contributed by atoms with E-state index in [4.69, 9.17) is 4.74 Å². The number of hydrogen-bond acceptors (Lipinski definition) is 6. The standard InChI is InChI=1S/C19H19N3O6/c23-15(21-19(27)20-12-6-2-1-3-7-12)11-28-16(24)10-22-17(25)13-8-4-5-9-14(13)18(22)26/h1-7,13-14H,8-11H2,(H2,20,21,23,27)/t13-,14-/m1/s1. The van der Waals surface area contributed by atoms with E-state index in [2.05, 4.69) is 5.32 Å². The van der Waals surface area contributed by atoms with Crippen LogP contribution in [0, 0.1) is 11.8 Å². The molecule has 0 saturated carbocycles. The topological polar surface area (TPSA) is 122 Å². The molecule has 1 aromatic carbocycles. The lowest BCUT2D eigenvalue weighted by atomic mass is 9.85. The number of rotatable bonds is 5. The summed E-state index contributed by atoms with van der Waals surface area (Å²) in [5.74, 6) is -3.40. The van der Waals surface area contributed by atoms with E-state index in [0.717, 1.165) is 4.90 Å². The zero-order valence-corrected chi connectivity index (χ0v) is 14.9. The molecule has 146 valence electrons. The molecule has 9 heteroatoms. The highest BCUT2D eigenvalue weighted by Gasteiger charge is 2.47. The minimum absolute atomic E-state index is 0.400. The van der Waals surface area contributed by atoms with Gasteiger partial charge in [-0.1, -0.05) is 30.4 Å². The Labute approximate surface area is 160 Å². The number of imide groups is 2. The number of benzene rings is 1. The van der Waals surface area contributed by atoms with Crippen LogP contribution >= 0.6 is 0 Å². The Bertz CT molecular complexity index is 809. The van der Waals surface area contributed by atoms with Crippen LogP contribution < -0.4 is 10.6 Å². The first-order valence-corrected chi connectivity index (χ1v) is 8.77. The molecule has 2 N–H and O–H groups in total. The van der Waals surface area contributed by atoms with Gasteiger partial charge in [-0.2, -0.15) is 0 Å². The molecular formula is C19H19N3O6. The fourth-order valence-corrected chi connectivity index (χ4v) is 3.19. The summed E-state index contributed by atoms with van der Waals surface area (Å²) < 4.78 is 4.77. The molecule has 9 nitrogen and oxygen atoms in total. The second-order valence-electron chi connectivity index (χ2n) is 6.45. The fraction of sp³-hybridized carbons (Fsp3) is 0.316. The van der Waals surface area contributed by atoms with Crippen LogP contribution in [0.1, 0.15) is 12.8 Å². The third kappa shape index (κ3) is 4.43. The van der Waals surface area contributed by atoms with Gasteiger partial charge in [-0.15, -0.1) is 0 Å². The number of esters is 1. The first-order chi connectivity index (χ1) is 13.5. The minimum Gasteiger partial charge on any atom is -0.454 e. The molecule has 0 bridgehead atoms. The van der Waals surface area contributed by atoms with E-state index in [9.17, 15) is 24.0 Å². The lowest BCUT2D eigenvalue weighted by molar-refractivity contribution is -0.154. The molecule has 5 amide bonds. The number of amides is 5. The number of ether oxygens (including phenoxy) is 1. The van der Waals surface area contributed by atoms with E-state index >= 15 is 0 Å². The maximum atomic E-state index is 12.3. The highest BCUT2D eigenvalue weighted by molar-refractivity contribution is 6.07. The van der Waals surface area contributed by atoms with Gasteiger partial charge in [0.15, 0.2) is 6.61 Å². The lowest BCUT2D eigenvalue weighted by Crippen LogP contribution is -2.40. The summed E-state index contributed by atoms with van der Waals surface area (Å²) in [5, 5.41) is 4.46. The van der Waals surface area contributed by atoms with Gasteiger partial charge in [0.2, 0.25) is 11.8 Å². The Hall–Kier alpha value is -3.49. The van der Waals surface area contributed by atoms with Crippen LogP contribution in [0.25, 0.3) is 0 Å². The average Bonchev–Trinajstić information content (AvgIpc) is 2.92. The van der Waals surface area contributed by atoms with Crippen LogP contribution in [0.5, 0.6) is 0 Å². The fourth-order valence-electron chi connectivity index (χ4n) is 3.19. The molecule has 28 heavy (non-hydrogen) atoms. The van der Waals surface area contributed by atoms with E-state index < -0.39 is 54.7 Å². The number of anilines is 1. The van der Waals surface area contributed by atoms with Crippen LogP contribution in [-0.2, 0) is 23.9 Å². The first-order valence-electron chi connectivity index (χ1n) is 8.77. The predicted octanol–water partition coefficient (Wildman–Crippen LogP) is 0.829. The van der Waals surface area contributed by atoms with Gasteiger partial charge in [-0.3, -0.25) is 29.4 Å². The van der Waals surface area contributed by atoms with Gasteiger partial charge >= 0.3 is 12.0 Å². The van der Waals surface area contributed by atoms with Crippen molar-refractivity contribution in [2.45, 2.75) is 12.8 Å². The average molecular weight is 385 g/mol. The zero-order valence-electron chi connectivity index (χ0n) is 14.9. The van der Waals surface area contributed by atoms with Crippen molar-refractivity contribution in [2.75, 3.05) is 18.5 Å². The van der Waals surface area contributed by atoms with E-state index in [1.165, 1.54) is 0 Å². The van der Waals surface area contributed by atoms with E-state index in [1.54, 1.807) is 30.3 Å². The molecule has 3 rings (SSSR count). The molecule has 1 aromatic rings. The molecule has 1 aliphatic carbocycles. The SMILES string of the molecule is O=C(COC(=O)CN1C(=O)[C@@H]2CC=CC[C@H]2C1=O)NC(=O)Nc1ccccc1. The number of likely N-dealkylation sites (tertiary alicyclic amines) is 1. The summed E-state index contributed by atoms with van der Waals surface area (Å²) in [6.45, 7) is -1.25. The van der Waals surface area contributed by atoms with Crippen molar-refractivity contribution in [3.8, 4) is 0 Å². The van der Waals surface area contributed by atoms with Crippen molar-refractivity contribution < 1.29 is 28.7 Å². The Kier molecular flexibility index (Phi) is 5.83. The molecule has 1 saturated heterocycles. The quantitative estimate of drug-likeness (QED) is 0.440. The summed E-state index contributed by atoms with van der Waals surface area (Å²) in [4.78, 5) is 60.7. The maximum absolute atomic E-state index is 12.3. The summed E-state index contributed by atoms with van der Waals surface area (Å²) in [7, 11) is 0. The number of nitrogens with zero attached hydrogens (tertiary/aromatic N) is 1. The zero-order chi connectivity index (χ0) is 20.1. The smallest absolute Gasteiger partial charge is 0.326 e. The van der Waals surface area contributed by atoms with Crippen molar-refractivity contribution in [1.82, 2.24) is 10.2 Å². The second-order valence-corrected chi connectivity index (χ2v) is 6.45. The van der Waals surface area contributed by atoms with E-state index in [0.29, 0.717) is 18.5 Å². The summed E-state index contributed by atoms with van der Waals surface area (Å²) in [5.41, 5.74) is 0.492. The van der Waals surface area contributed by atoms with Crippen molar-refractivity contribution in [3.63, 3.8) is 0 Å². The highest BCUT2D eigenvalue weighted by Crippen LogP contribution is 2.34. The normalized spacial score (nSPS) is 20.5. The molecule has 1 heterocycles. The van der Waals surface area contributed by atoms with Crippen molar-refractivity contribution in [3.05, 3.63) is 42.5 Å². The molecule has 2 aliphatic rings. The van der Waals surface area contributed by atoms with Crippen molar-refractivity contribution in [1.29, 1.82) is 0 Å². The summed E-state index contributed by atoms with van der Waals surface area (Å²) in [6, 6.07) is 7.71. The number of urea groups is 1. The summed E-state index contributed by atoms with van der Waals surface area (Å²) in [6.07, 6.45) is 4.64. The van der Waals surface area contributed by atoms with Crippen LogP contribution in [-0.4, -0.2) is 47.8 Å². The van der Waals surface area contributed by atoms with E-state index in [1.807, 2.05) is 17.5 Å². The molecule has 0 spiro atoms. The van der Waals surface area contributed by atoms with Gasteiger partial charge < -0.3 is 10.1 Å². The number of fused-ring (bicyclic) bond motifs is 1. The Morgan fingerprint density at radius 3 is 2.21 bits per heavy atom. The number of carbonyl (C=O) groups is 5. The van der Waals surface area contributed by atoms with Crippen LogP contribution in [0.2, 0.25) is 0 Å². The van der Waals surface area contributed by atoms with Gasteiger partial charge in [0, 0.05) is 5.69 Å². The van der Waals surface area contributed by atoms with Gasteiger partial charge in [-0.25, -0.2) is 4.79 Å². The van der Waals surface area contributed by atoms with Crippen LogP contribution in [0.3, 0.4) is 0 Å². The highest BCUT2D eigenvalue weighted by atomic mass is 16.5. The molecule has 0 aromatic heterocycles. The third-order valence-corrected chi connectivity index (χ3v) is 4.53. The van der Waals surface area contributed by atoms with Gasteiger partial charge in [0.05, 0.1) is 11.8 Å². The lowest BCUT2D eigenvalue weighted by Gasteiger charge is -2.14. The van der Waals surface area contributed by atoms with Crippen molar-refractivity contribution in [2.24, 2.45) is 11.8 Å². The number of para-hydroxylation sites is 1. The van der Waals surface area contributed by atoms with Crippen LogP contribution in [0.4, 0.5) is 10.5 Å². The molecule has 1 aliphatic heterocycles. The number of nitrogens with one attached hydrogen (secondary N) is 2. The molecule has 0 unspecified atom stereocenters. The largest absolute Gasteiger partial charge is 0.454 e. The second kappa shape index (κ2) is 8.47. The molecule has 1 fully saturated rings. The van der Waals surface area contributed by atoms with Gasteiger partial charge in [-0.05, 0) is 25.0 Å². The minimum atomic E-state index is -0.896. The Morgan fingerprint density at radius 2 is 1.61 bits per heavy atom. The monoisotopic (exact) mass is 385 g/mol. The predicted molar refractivity (Wildman–Crippen MR) is 96.6 cm³/mol.